The van der Waals surface area contributed by atoms with Crippen LogP contribution in [0.5, 0.6) is 0 Å². The molecule has 1 rings (SSSR count). The van der Waals surface area contributed by atoms with E-state index in [-0.39, 0.29) is 17.0 Å². The van der Waals surface area contributed by atoms with Gasteiger partial charge in [-0.15, -0.1) is 17.0 Å². The zero-order valence-electron chi connectivity index (χ0n) is 7.25. The fraction of sp³-hybridized carbons (Fsp3) is 0.875. The van der Waals surface area contributed by atoms with Gasteiger partial charge in [0.05, 0.1) is 0 Å². The summed E-state index contributed by atoms with van der Waals surface area (Å²) in [6.45, 7) is 3.08. The molecule has 72 valence electrons. The van der Waals surface area contributed by atoms with Crippen molar-refractivity contribution in [2.45, 2.75) is 32.2 Å². The third-order valence-electron chi connectivity index (χ3n) is 2.20. The third kappa shape index (κ3) is 4.07. The largest absolute Gasteiger partial charge is 0.481 e. The van der Waals surface area contributed by atoms with Crippen molar-refractivity contribution in [1.82, 2.24) is 5.32 Å². The molecule has 1 heterocycles. The quantitative estimate of drug-likeness (QED) is 0.765. The van der Waals surface area contributed by atoms with Crippen LogP contribution in [0.15, 0.2) is 0 Å². The average molecular weight is 238 g/mol. The van der Waals surface area contributed by atoms with Gasteiger partial charge in [-0.3, -0.25) is 4.79 Å². The zero-order chi connectivity index (χ0) is 8.27. The number of carbonyl (C=O) groups is 1. The maximum absolute atomic E-state index is 10.4. The lowest BCUT2D eigenvalue weighted by molar-refractivity contribution is -0.138. The lowest BCUT2D eigenvalue weighted by Crippen LogP contribution is -2.36. The Balaban J connectivity index is 0.00000121. The van der Waals surface area contributed by atoms with E-state index < -0.39 is 5.97 Å². The predicted octanol–water partition coefficient (Wildman–Crippen LogP) is 1.43. The van der Waals surface area contributed by atoms with Crippen molar-refractivity contribution < 1.29 is 9.90 Å². The summed E-state index contributed by atoms with van der Waals surface area (Å²) in [6, 6.07) is 0.494. The van der Waals surface area contributed by atoms with Crippen LogP contribution in [-0.2, 0) is 4.79 Å². The van der Waals surface area contributed by atoms with Crippen LogP contribution in [0.2, 0.25) is 0 Å². The predicted molar refractivity (Wildman–Crippen MR) is 52.8 cm³/mol. The van der Waals surface area contributed by atoms with Gasteiger partial charge in [0.25, 0.3) is 0 Å². The Morgan fingerprint density at radius 1 is 1.67 bits per heavy atom. The first kappa shape index (κ1) is 11.9. The molecule has 2 N–H and O–H groups in total. The highest BCUT2D eigenvalue weighted by Crippen LogP contribution is 2.18. The molecule has 0 amide bonds. The lowest BCUT2D eigenvalue weighted by Gasteiger charge is -2.26. The first-order chi connectivity index (χ1) is 5.18. The van der Waals surface area contributed by atoms with Crippen molar-refractivity contribution in [3.8, 4) is 0 Å². The molecule has 1 saturated heterocycles. The van der Waals surface area contributed by atoms with Crippen LogP contribution in [0.25, 0.3) is 0 Å². The average Bonchev–Trinajstić information content (AvgIpc) is 1.85. The first-order valence-corrected chi connectivity index (χ1v) is 4.13. The van der Waals surface area contributed by atoms with Crippen molar-refractivity contribution in [2.24, 2.45) is 5.92 Å². The van der Waals surface area contributed by atoms with E-state index in [4.69, 9.17) is 5.11 Å². The van der Waals surface area contributed by atoms with Crippen LogP contribution < -0.4 is 5.32 Å². The summed E-state index contributed by atoms with van der Waals surface area (Å²) in [6.07, 6.45) is 2.36. The number of aliphatic carboxylic acids is 1. The third-order valence-corrected chi connectivity index (χ3v) is 2.20. The van der Waals surface area contributed by atoms with E-state index in [0.717, 1.165) is 19.4 Å². The number of halogens is 1. The first-order valence-electron chi connectivity index (χ1n) is 4.13. The fourth-order valence-corrected chi connectivity index (χ4v) is 1.67. The standard InChI is InChI=1S/C8H15NO2.BrH/c1-6-4-7(2-3-9-6)5-8(10)11;/h6-7,9H,2-5H2,1H3,(H,10,11);1H/t6-,7+;/m0./s1. The molecule has 12 heavy (non-hydrogen) atoms. The molecule has 1 aliphatic heterocycles. The van der Waals surface area contributed by atoms with Gasteiger partial charge in [-0.05, 0) is 32.2 Å². The van der Waals surface area contributed by atoms with E-state index in [2.05, 4.69) is 12.2 Å². The highest BCUT2D eigenvalue weighted by Gasteiger charge is 2.20. The van der Waals surface area contributed by atoms with Crippen molar-refractivity contribution in [2.75, 3.05) is 6.54 Å². The van der Waals surface area contributed by atoms with E-state index in [0.29, 0.717) is 18.4 Å². The Kier molecular flexibility index (Phi) is 5.50. The van der Waals surface area contributed by atoms with E-state index in [9.17, 15) is 4.79 Å². The van der Waals surface area contributed by atoms with Crippen molar-refractivity contribution in [1.29, 1.82) is 0 Å². The van der Waals surface area contributed by atoms with Gasteiger partial charge in [0.2, 0.25) is 0 Å². The van der Waals surface area contributed by atoms with E-state index >= 15 is 0 Å². The molecule has 0 aromatic rings. The minimum Gasteiger partial charge on any atom is -0.481 e. The minimum atomic E-state index is -0.663. The van der Waals surface area contributed by atoms with E-state index in [1.165, 1.54) is 0 Å². The Morgan fingerprint density at radius 2 is 2.33 bits per heavy atom. The number of piperidine rings is 1. The molecule has 0 radical (unpaired) electrons. The summed E-state index contributed by atoms with van der Waals surface area (Å²) in [4.78, 5) is 10.4. The molecule has 1 aliphatic rings. The molecule has 0 aromatic heterocycles. The molecular weight excluding hydrogens is 222 g/mol. The van der Waals surface area contributed by atoms with Gasteiger partial charge in [-0.1, -0.05) is 0 Å². The van der Waals surface area contributed by atoms with Crippen molar-refractivity contribution in [3.05, 3.63) is 0 Å². The zero-order valence-corrected chi connectivity index (χ0v) is 8.96. The molecule has 0 bridgehead atoms. The van der Waals surface area contributed by atoms with Gasteiger partial charge >= 0.3 is 5.97 Å². The van der Waals surface area contributed by atoms with Gasteiger partial charge in [0.15, 0.2) is 0 Å². The van der Waals surface area contributed by atoms with E-state index in [1.54, 1.807) is 0 Å². The summed E-state index contributed by atoms with van der Waals surface area (Å²) >= 11 is 0. The molecule has 3 nitrogen and oxygen atoms in total. The monoisotopic (exact) mass is 237 g/mol. The van der Waals surface area contributed by atoms with Gasteiger partial charge < -0.3 is 10.4 Å². The van der Waals surface area contributed by atoms with Crippen LogP contribution >= 0.6 is 17.0 Å². The molecule has 0 aliphatic carbocycles. The van der Waals surface area contributed by atoms with Gasteiger partial charge in [0, 0.05) is 12.5 Å². The minimum absolute atomic E-state index is 0. The summed E-state index contributed by atoms with van der Waals surface area (Å²) < 4.78 is 0. The fourth-order valence-electron chi connectivity index (χ4n) is 1.67. The molecule has 0 aromatic carbocycles. The highest BCUT2D eigenvalue weighted by atomic mass is 79.9. The summed E-state index contributed by atoms with van der Waals surface area (Å²) in [5.74, 6) is -0.271. The Hall–Kier alpha value is -0.0900. The smallest absolute Gasteiger partial charge is 0.303 e. The molecule has 1 fully saturated rings. The maximum Gasteiger partial charge on any atom is 0.303 e. The molecular formula is C8H16BrNO2. The summed E-state index contributed by atoms with van der Waals surface area (Å²) in [5.41, 5.74) is 0. The van der Waals surface area contributed by atoms with Gasteiger partial charge in [0.1, 0.15) is 0 Å². The number of rotatable bonds is 2. The SMILES string of the molecule is Br.C[C@H]1C[C@H](CC(=O)O)CCN1. The summed E-state index contributed by atoms with van der Waals surface area (Å²) in [7, 11) is 0. The number of carboxylic acid groups (broad SMARTS) is 1. The van der Waals surface area contributed by atoms with E-state index in [1.807, 2.05) is 0 Å². The lowest BCUT2D eigenvalue weighted by atomic mass is 9.91. The Labute approximate surface area is 83.3 Å². The van der Waals surface area contributed by atoms with Crippen LogP contribution in [0.4, 0.5) is 0 Å². The molecule has 0 saturated carbocycles. The van der Waals surface area contributed by atoms with Gasteiger partial charge in [-0.25, -0.2) is 0 Å². The van der Waals surface area contributed by atoms with Crippen LogP contribution in [-0.4, -0.2) is 23.7 Å². The normalized spacial score (nSPS) is 29.1. The van der Waals surface area contributed by atoms with Crippen LogP contribution in [0.1, 0.15) is 26.2 Å². The number of hydrogen-bond donors (Lipinski definition) is 2. The molecule has 0 spiro atoms. The molecule has 4 heteroatoms. The van der Waals surface area contributed by atoms with Crippen LogP contribution in [0, 0.1) is 5.92 Å². The number of hydrogen-bond acceptors (Lipinski definition) is 2. The second kappa shape index (κ2) is 5.54. The Morgan fingerprint density at radius 3 is 2.83 bits per heavy atom. The second-order valence-corrected chi connectivity index (χ2v) is 3.34. The van der Waals surface area contributed by atoms with Crippen LogP contribution in [0.3, 0.4) is 0 Å². The number of carboxylic acids is 1. The van der Waals surface area contributed by atoms with Crippen molar-refractivity contribution in [3.63, 3.8) is 0 Å². The summed E-state index contributed by atoms with van der Waals surface area (Å²) in [5, 5.41) is 11.8. The topological polar surface area (TPSA) is 49.3 Å². The Bertz CT molecular complexity index is 152. The molecule has 0 unspecified atom stereocenters. The van der Waals surface area contributed by atoms with Gasteiger partial charge in [-0.2, -0.15) is 0 Å². The maximum atomic E-state index is 10.4. The van der Waals surface area contributed by atoms with Crippen molar-refractivity contribution >= 4 is 23.0 Å². The second-order valence-electron chi connectivity index (χ2n) is 3.34. The molecule has 2 atom stereocenters. The highest BCUT2D eigenvalue weighted by molar-refractivity contribution is 8.93. The number of nitrogens with one attached hydrogen (secondary N) is 1.